The molecule has 0 saturated carbocycles. The minimum absolute atomic E-state index is 0.723. The summed E-state index contributed by atoms with van der Waals surface area (Å²) in [7, 11) is -1.44. The highest BCUT2D eigenvalue weighted by Crippen LogP contribution is 2.37. The Labute approximate surface area is 187 Å². The highest BCUT2D eigenvalue weighted by Gasteiger charge is 2.21. The van der Waals surface area contributed by atoms with Gasteiger partial charge in [0.1, 0.15) is 11.2 Å². The van der Waals surface area contributed by atoms with Crippen molar-refractivity contribution >= 4 is 46.4 Å². The van der Waals surface area contributed by atoms with E-state index in [2.05, 4.69) is 83.8 Å². The Morgan fingerprint density at radius 2 is 1.66 bits per heavy atom. The van der Waals surface area contributed by atoms with Crippen LogP contribution in [0.5, 0.6) is 0 Å². The van der Waals surface area contributed by atoms with Gasteiger partial charge in [0, 0.05) is 22.7 Å². The molecule has 0 aliphatic carbocycles. The SMILES string of the molecule is C[Si](C)(C)c1ccc2c(c1)oc1c(-c3nc4ncccc4n3-c3ccccc3)cccc12. The number of hydrogen-bond acceptors (Lipinski definition) is 3. The van der Waals surface area contributed by atoms with Crippen LogP contribution >= 0.6 is 0 Å². The molecule has 4 nitrogen and oxygen atoms in total. The zero-order chi connectivity index (χ0) is 21.9. The highest BCUT2D eigenvalue weighted by molar-refractivity contribution is 6.88. The van der Waals surface area contributed by atoms with Crippen LogP contribution in [0, 0.1) is 0 Å². The summed E-state index contributed by atoms with van der Waals surface area (Å²) in [6, 6.07) is 27.3. The summed E-state index contributed by atoms with van der Waals surface area (Å²) in [5, 5.41) is 3.65. The third-order valence-corrected chi connectivity index (χ3v) is 8.09. The normalized spacial score (nSPS) is 12.2. The van der Waals surface area contributed by atoms with Crippen molar-refractivity contribution < 1.29 is 4.42 Å². The molecular weight excluding hydrogens is 410 g/mol. The number of aromatic nitrogens is 3. The fourth-order valence-corrected chi connectivity index (χ4v) is 5.52. The first-order valence-electron chi connectivity index (χ1n) is 10.9. The number of furan rings is 1. The molecule has 5 heteroatoms. The second-order valence-electron chi connectivity index (χ2n) is 9.20. The molecule has 3 heterocycles. The van der Waals surface area contributed by atoms with E-state index in [0.717, 1.165) is 50.2 Å². The average Bonchev–Trinajstić information content (AvgIpc) is 3.37. The van der Waals surface area contributed by atoms with Crippen molar-refractivity contribution in [3.05, 3.63) is 85.1 Å². The van der Waals surface area contributed by atoms with Crippen LogP contribution in [-0.4, -0.2) is 22.6 Å². The monoisotopic (exact) mass is 433 g/mol. The van der Waals surface area contributed by atoms with Crippen LogP contribution in [-0.2, 0) is 0 Å². The lowest BCUT2D eigenvalue weighted by molar-refractivity contribution is 0.669. The number of benzene rings is 3. The zero-order valence-electron chi connectivity index (χ0n) is 18.3. The quantitative estimate of drug-likeness (QED) is 0.298. The lowest BCUT2D eigenvalue weighted by atomic mass is 10.1. The molecule has 0 bridgehead atoms. The number of para-hydroxylation sites is 2. The van der Waals surface area contributed by atoms with Gasteiger partial charge in [-0.3, -0.25) is 4.57 Å². The molecule has 0 saturated heterocycles. The summed E-state index contributed by atoms with van der Waals surface area (Å²) in [6.07, 6.45) is 1.79. The molecule has 0 atom stereocenters. The Balaban J connectivity index is 1.67. The van der Waals surface area contributed by atoms with Crippen LogP contribution in [0.15, 0.2) is 89.5 Å². The molecule has 0 aliphatic heterocycles. The van der Waals surface area contributed by atoms with E-state index in [1.54, 1.807) is 6.20 Å². The van der Waals surface area contributed by atoms with Crippen LogP contribution in [0.25, 0.3) is 50.2 Å². The smallest absolute Gasteiger partial charge is 0.178 e. The van der Waals surface area contributed by atoms with E-state index < -0.39 is 8.07 Å². The predicted molar refractivity (Wildman–Crippen MR) is 135 cm³/mol. The Morgan fingerprint density at radius 3 is 2.47 bits per heavy atom. The third-order valence-electron chi connectivity index (χ3n) is 6.05. The number of pyridine rings is 1. The van der Waals surface area contributed by atoms with Crippen LogP contribution in [0.3, 0.4) is 0 Å². The van der Waals surface area contributed by atoms with Crippen LogP contribution in [0.2, 0.25) is 19.6 Å². The van der Waals surface area contributed by atoms with E-state index in [-0.39, 0.29) is 0 Å². The molecule has 0 radical (unpaired) electrons. The molecule has 0 aliphatic rings. The van der Waals surface area contributed by atoms with Crippen molar-refractivity contribution in [1.82, 2.24) is 14.5 Å². The zero-order valence-corrected chi connectivity index (χ0v) is 19.3. The first-order valence-corrected chi connectivity index (χ1v) is 14.4. The molecule has 0 unspecified atom stereocenters. The van der Waals surface area contributed by atoms with Crippen LogP contribution in [0.1, 0.15) is 0 Å². The van der Waals surface area contributed by atoms with E-state index >= 15 is 0 Å². The molecule has 0 N–H and O–H groups in total. The molecule has 3 aromatic heterocycles. The van der Waals surface area contributed by atoms with Gasteiger partial charge in [-0.1, -0.05) is 67.3 Å². The lowest BCUT2D eigenvalue weighted by Gasteiger charge is -2.15. The number of hydrogen-bond donors (Lipinski definition) is 0. The summed E-state index contributed by atoms with van der Waals surface area (Å²) >= 11 is 0. The molecule has 6 rings (SSSR count). The predicted octanol–water partition coefficient (Wildman–Crippen LogP) is 6.53. The Morgan fingerprint density at radius 1 is 0.812 bits per heavy atom. The minimum atomic E-state index is -1.44. The van der Waals surface area contributed by atoms with Crippen molar-refractivity contribution in [2.24, 2.45) is 0 Å². The van der Waals surface area contributed by atoms with Gasteiger partial charge in [-0.25, -0.2) is 9.97 Å². The van der Waals surface area contributed by atoms with Gasteiger partial charge in [0.15, 0.2) is 11.5 Å². The van der Waals surface area contributed by atoms with E-state index in [9.17, 15) is 0 Å². The van der Waals surface area contributed by atoms with Crippen molar-refractivity contribution in [2.45, 2.75) is 19.6 Å². The second-order valence-corrected chi connectivity index (χ2v) is 14.3. The third kappa shape index (κ3) is 2.89. The fraction of sp³-hybridized carbons (Fsp3) is 0.111. The summed E-state index contributed by atoms with van der Waals surface area (Å²) in [6.45, 7) is 7.08. The van der Waals surface area contributed by atoms with Crippen molar-refractivity contribution in [3.63, 3.8) is 0 Å². The second kappa shape index (κ2) is 6.90. The van der Waals surface area contributed by atoms with Gasteiger partial charge in [-0.15, -0.1) is 0 Å². The average molecular weight is 434 g/mol. The number of rotatable bonds is 3. The number of nitrogens with zero attached hydrogens (tertiary/aromatic N) is 3. The standard InChI is InChI=1S/C27H23N3OSi/c1-32(2,3)19-14-15-20-21-11-7-12-22(25(21)31-24(20)17-19)27-29-26-23(13-8-16-28-26)30(27)18-9-5-4-6-10-18/h4-17H,1-3H3. The van der Waals surface area contributed by atoms with Gasteiger partial charge >= 0.3 is 0 Å². The molecule has 32 heavy (non-hydrogen) atoms. The topological polar surface area (TPSA) is 43.9 Å². The van der Waals surface area contributed by atoms with Crippen molar-refractivity contribution in [3.8, 4) is 17.1 Å². The first kappa shape index (κ1) is 19.0. The maximum atomic E-state index is 6.51. The summed E-state index contributed by atoms with van der Waals surface area (Å²) < 4.78 is 8.67. The summed E-state index contributed by atoms with van der Waals surface area (Å²) in [5.74, 6) is 0.833. The van der Waals surface area contributed by atoms with Gasteiger partial charge in [0.2, 0.25) is 0 Å². The fourth-order valence-electron chi connectivity index (χ4n) is 4.37. The van der Waals surface area contributed by atoms with Gasteiger partial charge in [0.05, 0.1) is 19.2 Å². The molecule has 156 valence electrons. The maximum Gasteiger partial charge on any atom is 0.178 e. The van der Waals surface area contributed by atoms with Gasteiger partial charge in [-0.05, 0) is 36.4 Å². The Hall–Kier alpha value is -3.70. The number of imidazole rings is 1. The first-order chi connectivity index (χ1) is 15.5. The molecule has 6 aromatic rings. The van der Waals surface area contributed by atoms with Crippen molar-refractivity contribution in [1.29, 1.82) is 0 Å². The van der Waals surface area contributed by atoms with Gasteiger partial charge < -0.3 is 4.42 Å². The van der Waals surface area contributed by atoms with E-state index in [1.807, 2.05) is 24.3 Å². The van der Waals surface area contributed by atoms with Crippen molar-refractivity contribution in [2.75, 3.05) is 0 Å². The molecular formula is C27H23N3OSi. The molecule has 0 amide bonds. The minimum Gasteiger partial charge on any atom is -0.455 e. The van der Waals surface area contributed by atoms with Gasteiger partial charge in [0.25, 0.3) is 0 Å². The van der Waals surface area contributed by atoms with Crippen LogP contribution < -0.4 is 5.19 Å². The number of fused-ring (bicyclic) bond motifs is 4. The lowest BCUT2D eigenvalue weighted by Crippen LogP contribution is -2.37. The Kier molecular flexibility index (Phi) is 4.10. The van der Waals surface area contributed by atoms with Gasteiger partial charge in [-0.2, -0.15) is 0 Å². The summed E-state index contributed by atoms with van der Waals surface area (Å²) in [5.41, 5.74) is 5.51. The largest absolute Gasteiger partial charge is 0.455 e. The highest BCUT2D eigenvalue weighted by atomic mass is 28.3. The molecule has 3 aromatic carbocycles. The molecule has 0 spiro atoms. The Bertz CT molecular complexity index is 1610. The molecule has 0 fully saturated rings. The summed E-state index contributed by atoms with van der Waals surface area (Å²) in [4.78, 5) is 9.45. The maximum absolute atomic E-state index is 6.51. The van der Waals surface area contributed by atoms with E-state index in [4.69, 9.17) is 9.40 Å². The van der Waals surface area contributed by atoms with E-state index in [1.165, 1.54) is 5.19 Å². The van der Waals surface area contributed by atoms with E-state index in [0.29, 0.717) is 0 Å². The van der Waals surface area contributed by atoms with Crippen LogP contribution in [0.4, 0.5) is 0 Å².